The molecule has 12 heteroatoms. The molecule has 0 bridgehead atoms. The molecule has 0 aliphatic heterocycles. The molecule has 0 saturated heterocycles. The highest BCUT2D eigenvalue weighted by atomic mass is 79.9. The number of aromatic nitrogens is 6. The zero-order valence-electron chi connectivity index (χ0n) is 19.8. The Kier molecular flexibility index (Phi) is 6.62. The van der Waals surface area contributed by atoms with Gasteiger partial charge in [0.25, 0.3) is 0 Å². The quantitative estimate of drug-likeness (QED) is 0.309. The molecule has 0 aromatic carbocycles. The molecule has 8 nitrogen and oxygen atoms in total. The number of nitrogens with zero attached hydrogens (tertiary/aromatic N) is 6. The first-order valence-corrected chi connectivity index (χ1v) is 12.5. The number of aryl methyl sites for hydroxylation is 1. The third-order valence-electron chi connectivity index (χ3n) is 6.36. The van der Waals surface area contributed by atoms with Crippen LogP contribution in [0.1, 0.15) is 44.2 Å². The van der Waals surface area contributed by atoms with Crippen LogP contribution in [0, 0.1) is 0 Å². The number of anilines is 1. The van der Waals surface area contributed by atoms with Gasteiger partial charge in [-0.1, -0.05) is 0 Å². The molecule has 4 aromatic rings. The number of halogens is 4. The van der Waals surface area contributed by atoms with Crippen LogP contribution in [0.4, 0.5) is 19.0 Å². The van der Waals surface area contributed by atoms with Crippen molar-refractivity contribution in [3.8, 4) is 17.1 Å². The second kappa shape index (κ2) is 9.72. The fourth-order valence-electron chi connectivity index (χ4n) is 4.64. The average molecular weight is 564 g/mol. The molecular weight excluding hydrogens is 539 g/mol. The third-order valence-corrected chi connectivity index (χ3v) is 7.12. The Labute approximate surface area is 214 Å². The minimum atomic E-state index is -4.48. The van der Waals surface area contributed by atoms with Crippen molar-refractivity contribution < 1.29 is 17.9 Å². The monoisotopic (exact) mass is 563 g/mol. The Morgan fingerprint density at radius 2 is 1.94 bits per heavy atom. The summed E-state index contributed by atoms with van der Waals surface area (Å²) in [5.74, 6) is 0.749. The molecule has 4 heterocycles. The Hall–Kier alpha value is -3.15. The minimum Gasteiger partial charge on any atom is -0.474 e. The van der Waals surface area contributed by atoms with Crippen LogP contribution in [0.3, 0.4) is 0 Å². The predicted octanol–water partition coefficient (Wildman–Crippen LogP) is 6.00. The first kappa shape index (κ1) is 24.5. The van der Waals surface area contributed by atoms with Gasteiger partial charge in [-0.05, 0) is 54.6 Å². The molecular formula is C24H25BrF3N7O. The highest BCUT2D eigenvalue weighted by molar-refractivity contribution is 9.10. The van der Waals surface area contributed by atoms with E-state index in [1.807, 2.05) is 32.4 Å². The SMILES string of the molecule is CCNc1cc2c(cn1)c(-c1cnn(C)c1)nn2[C@H]1CC[C@@H](Oc2nccc(C(F)(F)F)c2Br)CC1. The maximum Gasteiger partial charge on any atom is 0.417 e. The number of rotatable bonds is 6. The average Bonchev–Trinajstić information content (AvgIpc) is 3.44. The summed E-state index contributed by atoms with van der Waals surface area (Å²) in [5, 5.41) is 13.5. The summed E-state index contributed by atoms with van der Waals surface area (Å²) in [5.41, 5.74) is 1.92. The lowest BCUT2D eigenvalue weighted by Crippen LogP contribution is -2.27. The van der Waals surface area contributed by atoms with E-state index in [-0.39, 0.29) is 22.5 Å². The zero-order valence-corrected chi connectivity index (χ0v) is 21.3. The summed E-state index contributed by atoms with van der Waals surface area (Å²) in [7, 11) is 1.86. The van der Waals surface area contributed by atoms with Crippen LogP contribution in [0.2, 0.25) is 0 Å². The smallest absolute Gasteiger partial charge is 0.417 e. The van der Waals surface area contributed by atoms with E-state index < -0.39 is 11.7 Å². The van der Waals surface area contributed by atoms with Crippen molar-refractivity contribution in [1.29, 1.82) is 0 Å². The lowest BCUT2D eigenvalue weighted by atomic mass is 9.93. The van der Waals surface area contributed by atoms with E-state index in [2.05, 4.69) is 41.0 Å². The fraction of sp³-hybridized carbons (Fsp3) is 0.417. The normalized spacial score (nSPS) is 18.5. The van der Waals surface area contributed by atoms with Gasteiger partial charge in [0, 0.05) is 49.2 Å². The van der Waals surface area contributed by atoms with Crippen molar-refractivity contribution in [1.82, 2.24) is 29.5 Å². The van der Waals surface area contributed by atoms with Crippen LogP contribution >= 0.6 is 15.9 Å². The first-order chi connectivity index (χ1) is 17.2. The van der Waals surface area contributed by atoms with Gasteiger partial charge < -0.3 is 10.1 Å². The number of nitrogens with one attached hydrogen (secondary N) is 1. The fourth-order valence-corrected chi connectivity index (χ4v) is 5.19. The summed E-state index contributed by atoms with van der Waals surface area (Å²) in [6, 6.07) is 3.07. The molecule has 1 aliphatic carbocycles. The molecule has 4 aromatic heterocycles. The van der Waals surface area contributed by atoms with E-state index in [0.29, 0.717) is 12.8 Å². The molecule has 5 rings (SSSR count). The van der Waals surface area contributed by atoms with Gasteiger partial charge in [0.1, 0.15) is 17.6 Å². The largest absolute Gasteiger partial charge is 0.474 e. The van der Waals surface area contributed by atoms with Crippen LogP contribution in [-0.4, -0.2) is 42.2 Å². The van der Waals surface area contributed by atoms with Crippen LogP contribution in [0.25, 0.3) is 22.2 Å². The molecule has 0 unspecified atom stereocenters. The van der Waals surface area contributed by atoms with Crippen molar-refractivity contribution in [3.05, 3.63) is 47.0 Å². The second-order valence-electron chi connectivity index (χ2n) is 8.84. The maximum atomic E-state index is 13.2. The molecule has 0 atom stereocenters. The maximum absolute atomic E-state index is 13.2. The minimum absolute atomic E-state index is 0.0296. The number of ether oxygens (including phenoxy) is 1. The van der Waals surface area contributed by atoms with Crippen molar-refractivity contribution in [2.75, 3.05) is 11.9 Å². The molecule has 0 spiro atoms. The highest BCUT2D eigenvalue weighted by Gasteiger charge is 2.35. The molecule has 190 valence electrons. The van der Waals surface area contributed by atoms with Crippen LogP contribution in [-0.2, 0) is 13.2 Å². The van der Waals surface area contributed by atoms with Gasteiger partial charge in [-0.25, -0.2) is 9.97 Å². The van der Waals surface area contributed by atoms with Gasteiger partial charge in [0.05, 0.1) is 27.8 Å². The molecule has 1 aliphatic rings. The highest BCUT2D eigenvalue weighted by Crippen LogP contribution is 2.40. The molecule has 0 amide bonds. The van der Waals surface area contributed by atoms with Gasteiger partial charge in [0.2, 0.25) is 5.88 Å². The van der Waals surface area contributed by atoms with E-state index >= 15 is 0 Å². The van der Waals surface area contributed by atoms with E-state index in [1.165, 1.54) is 0 Å². The first-order valence-electron chi connectivity index (χ1n) is 11.7. The van der Waals surface area contributed by atoms with E-state index in [1.54, 1.807) is 10.9 Å². The number of alkyl halides is 3. The number of hydrogen-bond donors (Lipinski definition) is 1. The Morgan fingerprint density at radius 1 is 1.17 bits per heavy atom. The predicted molar refractivity (Wildman–Crippen MR) is 133 cm³/mol. The Bertz CT molecular complexity index is 1380. The van der Waals surface area contributed by atoms with Gasteiger partial charge in [-0.2, -0.15) is 23.4 Å². The molecule has 1 saturated carbocycles. The van der Waals surface area contributed by atoms with Crippen LogP contribution in [0.15, 0.2) is 41.4 Å². The molecule has 1 fully saturated rings. The lowest BCUT2D eigenvalue weighted by Gasteiger charge is -2.29. The number of fused-ring (bicyclic) bond motifs is 1. The molecule has 1 N–H and O–H groups in total. The van der Waals surface area contributed by atoms with Gasteiger partial charge >= 0.3 is 6.18 Å². The Morgan fingerprint density at radius 3 is 2.61 bits per heavy atom. The van der Waals surface area contributed by atoms with E-state index in [9.17, 15) is 13.2 Å². The summed E-state index contributed by atoms with van der Waals surface area (Å²) in [6.07, 6.45) is 4.84. The van der Waals surface area contributed by atoms with Gasteiger partial charge in [-0.15, -0.1) is 0 Å². The number of pyridine rings is 2. The van der Waals surface area contributed by atoms with Crippen molar-refractivity contribution in [2.45, 2.75) is 50.9 Å². The van der Waals surface area contributed by atoms with E-state index in [4.69, 9.17) is 9.84 Å². The summed E-state index contributed by atoms with van der Waals surface area (Å²) in [6.45, 7) is 2.77. The summed E-state index contributed by atoms with van der Waals surface area (Å²) < 4.78 is 49.2. The van der Waals surface area contributed by atoms with Crippen LogP contribution < -0.4 is 10.1 Å². The molecule has 36 heavy (non-hydrogen) atoms. The van der Waals surface area contributed by atoms with E-state index in [0.717, 1.165) is 59.6 Å². The standard InChI is InChI=1S/C24H25BrF3N7O/c1-3-29-20-10-19-17(12-31-20)22(14-11-32-34(2)13-14)33-35(19)15-4-6-16(7-5-15)36-23-21(25)18(8-9-30-23)24(26,27)28/h8-13,15-16H,3-7H2,1-2H3,(H,29,31)/t15-,16+. The topological polar surface area (TPSA) is 82.7 Å². The Balaban J connectivity index is 1.38. The van der Waals surface area contributed by atoms with Crippen molar-refractivity contribution in [3.63, 3.8) is 0 Å². The van der Waals surface area contributed by atoms with Crippen molar-refractivity contribution in [2.24, 2.45) is 7.05 Å². The summed E-state index contributed by atoms with van der Waals surface area (Å²) in [4.78, 5) is 8.56. The summed E-state index contributed by atoms with van der Waals surface area (Å²) >= 11 is 3.03. The van der Waals surface area contributed by atoms with Crippen LogP contribution in [0.5, 0.6) is 5.88 Å². The number of hydrogen-bond acceptors (Lipinski definition) is 6. The zero-order chi connectivity index (χ0) is 25.4. The molecule has 0 radical (unpaired) electrons. The lowest BCUT2D eigenvalue weighted by molar-refractivity contribution is -0.138. The van der Waals surface area contributed by atoms with Crippen molar-refractivity contribution >= 4 is 32.7 Å². The second-order valence-corrected chi connectivity index (χ2v) is 9.63. The van der Waals surface area contributed by atoms with Gasteiger partial charge in [0.15, 0.2) is 0 Å². The third kappa shape index (κ3) is 4.78. The van der Waals surface area contributed by atoms with Gasteiger partial charge in [-0.3, -0.25) is 9.36 Å².